The fraction of sp³-hybridized carbons (Fsp3) is 0.429. The monoisotopic (exact) mass is 542 g/mol. The van der Waals surface area contributed by atoms with E-state index in [4.69, 9.17) is 13.6 Å². The summed E-state index contributed by atoms with van der Waals surface area (Å²) >= 11 is 0. The van der Waals surface area contributed by atoms with Crippen molar-refractivity contribution in [3.8, 4) is 11.1 Å². The van der Waals surface area contributed by atoms with Crippen LogP contribution in [0.4, 0.5) is 0 Å². The third kappa shape index (κ3) is 5.27. The summed E-state index contributed by atoms with van der Waals surface area (Å²) in [5.74, 6) is 0. The van der Waals surface area contributed by atoms with Crippen molar-refractivity contribution in [2.75, 3.05) is 13.2 Å². The molecular formula is C35H43O3P. The first-order valence-corrected chi connectivity index (χ1v) is 15.1. The molecule has 0 amide bonds. The van der Waals surface area contributed by atoms with Gasteiger partial charge in [0.2, 0.25) is 0 Å². The van der Waals surface area contributed by atoms with Crippen LogP contribution in [0, 0.1) is 16.2 Å². The zero-order valence-corrected chi connectivity index (χ0v) is 25.9. The van der Waals surface area contributed by atoms with Gasteiger partial charge in [-0.05, 0) is 43.5 Å². The van der Waals surface area contributed by atoms with Gasteiger partial charge in [0.15, 0.2) is 0 Å². The Morgan fingerprint density at radius 2 is 0.974 bits per heavy atom. The number of hydrogen-bond donors (Lipinski definition) is 0. The summed E-state index contributed by atoms with van der Waals surface area (Å²) in [6.45, 7) is 21.1. The minimum absolute atomic E-state index is 0.0190. The normalized spacial score (nSPS) is 15.2. The van der Waals surface area contributed by atoms with Crippen molar-refractivity contribution >= 4 is 30.1 Å². The summed E-state index contributed by atoms with van der Waals surface area (Å²) in [6, 6.07) is 26.4. The van der Waals surface area contributed by atoms with Crippen LogP contribution in [0.25, 0.3) is 32.7 Å². The summed E-state index contributed by atoms with van der Waals surface area (Å²) in [4.78, 5) is 0. The Labute approximate surface area is 235 Å². The molecule has 0 bridgehead atoms. The van der Waals surface area contributed by atoms with Crippen LogP contribution in [0.3, 0.4) is 0 Å². The van der Waals surface area contributed by atoms with E-state index >= 15 is 0 Å². The zero-order valence-electron chi connectivity index (χ0n) is 25.0. The van der Waals surface area contributed by atoms with Crippen LogP contribution < -0.4 is 0 Å². The minimum Gasteiger partial charge on any atom is -0.312 e. The van der Waals surface area contributed by atoms with E-state index in [0.29, 0.717) is 13.2 Å². The molecule has 0 aliphatic heterocycles. The van der Waals surface area contributed by atoms with E-state index < -0.39 is 14.2 Å². The van der Waals surface area contributed by atoms with Crippen molar-refractivity contribution in [3.63, 3.8) is 0 Å². The number of rotatable bonds is 6. The SMILES string of the molecule is CC(C)(C)COP(OCC(C)(C)C)OC1(C(C)(C)C)c2c(ccc3ccccc23)-c2ccc3ccccc3c21. The lowest BCUT2D eigenvalue weighted by Crippen LogP contribution is -2.42. The fourth-order valence-electron chi connectivity index (χ4n) is 5.55. The molecule has 0 fully saturated rings. The molecular weight excluding hydrogens is 499 g/mol. The van der Waals surface area contributed by atoms with Gasteiger partial charge in [0.1, 0.15) is 5.60 Å². The van der Waals surface area contributed by atoms with E-state index in [1.54, 1.807) is 0 Å². The summed E-state index contributed by atoms with van der Waals surface area (Å²) in [5.41, 5.74) is 3.73. The Hall–Kier alpha value is -2.29. The van der Waals surface area contributed by atoms with Crippen LogP contribution in [0.1, 0.15) is 73.4 Å². The Morgan fingerprint density at radius 3 is 1.36 bits per heavy atom. The third-order valence-electron chi connectivity index (χ3n) is 7.33. The maximum absolute atomic E-state index is 7.44. The second-order valence-electron chi connectivity index (χ2n) is 14.3. The molecule has 4 aromatic rings. The van der Waals surface area contributed by atoms with Gasteiger partial charge in [-0.25, -0.2) is 0 Å². The van der Waals surface area contributed by atoms with Crippen molar-refractivity contribution in [3.05, 3.63) is 83.9 Å². The van der Waals surface area contributed by atoms with E-state index in [-0.39, 0.29) is 16.2 Å². The second-order valence-corrected chi connectivity index (χ2v) is 15.5. The molecule has 0 radical (unpaired) electrons. The molecule has 1 aliphatic carbocycles. The highest BCUT2D eigenvalue weighted by molar-refractivity contribution is 7.41. The van der Waals surface area contributed by atoms with Gasteiger partial charge in [-0.1, -0.05) is 135 Å². The van der Waals surface area contributed by atoms with Crippen molar-refractivity contribution in [2.24, 2.45) is 16.2 Å². The Morgan fingerprint density at radius 1 is 0.564 bits per heavy atom. The van der Waals surface area contributed by atoms with Gasteiger partial charge in [0.05, 0.1) is 13.2 Å². The molecule has 0 unspecified atom stereocenters. The molecule has 0 aromatic heterocycles. The number of fused-ring (bicyclic) bond motifs is 7. The van der Waals surface area contributed by atoms with Gasteiger partial charge in [-0.3, -0.25) is 4.52 Å². The number of benzene rings is 4. The molecule has 0 saturated carbocycles. The quantitative estimate of drug-likeness (QED) is 0.227. The molecule has 5 rings (SSSR count). The van der Waals surface area contributed by atoms with Gasteiger partial charge in [-0.2, -0.15) is 0 Å². The largest absolute Gasteiger partial charge is 0.333 e. The fourth-order valence-corrected chi connectivity index (χ4v) is 7.39. The summed E-state index contributed by atoms with van der Waals surface area (Å²) in [6.07, 6.45) is 0. The molecule has 1 aliphatic rings. The minimum atomic E-state index is -1.67. The maximum Gasteiger partial charge on any atom is 0.333 e. The van der Waals surface area contributed by atoms with E-state index in [0.717, 1.165) is 0 Å². The highest BCUT2D eigenvalue weighted by atomic mass is 31.2. The van der Waals surface area contributed by atoms with Crippen LogP contribution in [0.15, 0.2) is 72.8 Å². The summed E-state index contributed by atoms with van der Waals surface area (Å²) in [7, 11) is -1.67. The molecule has 206 valence electrons. The lowest BCUT2D eigenvalue weighted by molar-refractivity contribution is -0.0242. The van der Waals surface area contributed by atoms with E-state index in [1.807, 2.05) is 0 Å². The summed E-state index contributed by atoms with van der Waals surface area (Å²) < 4.78 is 20.6. The molecule has 0 atom stereocenters. The predicted octanol–water partition coefficient (Wildman–Crippen LogP) is 10.6. The first-order chi connectivity index (χ1) is 18.2. The molecule has 0 spiro atoms. The van der Waals surface area contributed by atoms with Crippen LogP contribution >= 0.6 is 8.60 Å². The van der Waals surface area contributed by atoms with Crippen LogP contribution in [0.2, 0.25) is 0 Å². The van der Waals surface area contributed by atoms with Crippen molar-refractivity contribution in [1.29, 1.82) is 0 Å². The Balaban J connectivity index is 1.81. The highest BCUT2D eigenvalue weighted by Gasteiger charge is 2.56. The van der Waals surface area contributed by atoms with Crippen molar-refractivity contribution in [1.82, 2.24) is 0 Å². The molecule has 4 heteroatoms. The van der Waals surface area contributed by atoms with E-state index in [9.17, 15) is 0 Å². The molecule has 4 aromatic carbocycles. The number of hydrogen-bond acceptors (Lipinski definition) is 3. The predicted molar refractivity (Wildman–Crippen MR) is 166 cm³/mol. The van der Waals surface area contributed by atoms with Crippen LogP contribution in [-0.2, 0) is 19.2 Å². The standard InChI is InChI=1S/C35H43O3P/c1-32(2,3)22-36-39(37-23-33(4,5)6)38-35(34(7,8)9)30-26-16-12-10-14-24(26)18-20-28(30)29-21-19-25-15-11-13-17-27(25)31(29)35/h10-21H,22-23H2,1-9H3. The van der Waals surface area contributed by atoms with Crippen LogP contribution in [0.5, 0.6) is 0 Å². The Bertz CT molecular complexity index is 1400. The van der Waals surface area contributed by atoms with Gasteiger partial charge >= 0.3 is 8.60 Å². The average molecular weight is 543 g/mol. The van der Waals surface area contributed by atoms with Gasteiger partial charge in [0.25, 0.3) is 0 Å². The van der Waals surface area contributed by atoms with Gasteiger partial charge in [-0.15, -0.1) is 0 Å². The van der Waals surface area contributed by atoms with Crippen LogP contribution in [-0.4, -0.2) is 13.2 Å². The van der Waals surface area contributed by atoms with Crippen molar-refractivity contribution < 1.29 is 13.6 Å². The molecule has 0 N–H and O–H groups in total. The molecule has 0 heterocycles. The Kier molecular flexibility index (Phi) is 7.22. The summed E-state index contributed by atoms with van der Waals surface area (Å²) in [5, 5.41) is 4.85. The van der Waals surface area contributed by atoms with Gasteiger partial charge < -0.3 is 9.05 Å². The molecule has 0 saturated heterocycles. The van der Waals surface area contributed by atoms with E-state index in [1.165, 1.54) is 43.8 Å². The zero-order chi connectivity index (χ0) is 28.2. The lowest BCUT2D eigenvalue weighted by Gasteiger charge is -2.45. The van der Waals surface area contributed by atoms with E-state index in [2.05, 4.69) is 135 Å². The molecule has 3 nitrogen and oxygen atoms in total. The first kappa shape index (κ1) is 28.2. The average Bonchev–Trinajstić information content (AvgIpc) is 3.16. The topological polar surface area (TPSA) is 27.7 Å². The first-order valence-electron chi connectivity index (χ1n) is 14.0. The third-order valence-corrected chi connectivity index (χ3v) is 8.43. The molecule has 39 heavy (non-hydrogen) atoms. The van der Waals surface area contributed by atoms with Crippen molar-refractivity contribution in [2.45, 2.75) is 67.9 Å². The smallest absolute Gasteiger partial charge is 0.312 e. The highest BCUT2D eigenvalue weighted by Crippen LogP contribution is 2.66. The maximum atomic E-state index is 7.44. The second kappa shape index (κ2) is 9.96. The van der Waals surface area contributed by atoms with Gasteiger partial charge in [0, 0.05) is 16.5 Å². The lowest BCUT2D eigenvalue weighted by atomic mass is 9.69.